The third-order valence-electron chi connectivity index (χ3n) is 5.63. The molecule has 1 amide bonds. The Labute approximate surface area is 196 Å². The number of carbonyl (C=O) groups is 1. The van der Waals surface area contributed by atoms with Crippen molar-refractivity contribution in [1.82, 2.24) is 5.32 Å². The lowest BCUT2D eigenvalue weighted by Gasteiger charge is -2.40. The molecule has 1 aliphatic heterocycles. The molecule has 1 unspecified atom stereocenters. The van der Waals surface area contributed by atoms with Crippen LogP contribution in [0.4, 0.5) is 30.7 Å². The summed E-state index contributed by atoms with van der Waals surface area (Å²) in [7, 11) is 0. The van der Waals surface area contributed by atoms with Crippen molar-refractivity contribution in [3.05, 3.63) is 70.5 Å². The molecule has 0 aliphatic carbocycles. The average Bonchev–Trinajstić information content (AvgIpc) is 2.77. The normalized spacial score (nSPS) is 18.8. The van der Waals surface area contributed by atoms with Gasteiger partial charge in [-0.2, -0.15) is 31.6 Å². The molecule has 0 bridgehead atoms. The van der Waals surface area contributed by atoms with E-state index in [0.29, 0.717) is 0 Å². The quantitative estimate of drug-likeness (QED) is 0.385. The van der Waals surface area contributed by atoms with Crippen LogP contribution in [0.2, 0.25) is 0 Å². The van der Waals surface area contributed by atoms with Crippen LogP contribution in [-0.4, -0.2) is 24.9 Å². The van der Waals surface area contributed by atoms with Gasteiger partial charge in [0.1, 0.15) is 23.2 Å². The number of hydrogen-bond acceptors (Lipinski definition) is 3. The summed E-state index contributed by atoms with van der Waals surface area (Å²) in [5.74, 6) is -1.92. The monoisotopic (exact) mass is 500 g/mol. The molecule has 1 aliphatic rings. The van der Waals surface area contributed by atoms with Gasteiger partial charge in [-0.15, -0.1) is 0 Å². The van der Waals surface area contributed by atoms with Crippen LogP contribution in [0.5, 0.6) is 5.75 Å². The molecule has 2 aromatic rings. The fraction of sp³-hybridized carbons (Fsp3) is 0.333. The second-order valence-electron chi connectivity index (χ2n) is 8.05. The molecule has 186 valence electrons. The predicted molar refractivity (Wildman–Crippen MR) is 111 cm³/mol. The van der Waals surface area contributed by atoms with Crippen molar-refractivity contribution in [2.24, 2.45) is 0 Å². The molecule has 2 aromatic carbocycles. The van der Waals surface area contributed by atoms with E-state index < -0.39 is 48.0 Å². The van der Waals surface area contributed by atoms with Crippen molar-refractivity contribution in [1.29, 1.82) is 5.26 Å². The molecular formula is C24H19F7N2O2. The van der Waals surface area contributed by atoms with Crippen LogP contribution in [0.15, 0.2) is 48.0 Å². The molecular weight excluding hydrogens is 481 g/mol. The molecule has 0 spiro atoms. The SMILES string of the molecule is Cc1ccc(C2=C(C#N)C(=O)NC(c3ccc(OCCCC(F)(F)F)cc3)(C(F)(F)F)C2)cc1F. The van der Waals surface area contributed by atoms with Crippen LogP contribution in [0, 0.1) is 24.1 Å². The highest BCUT2D eigenvalue weighted by molar-refractivity contribution is 6.07. The minimum atomic E-state index is -5.02. The Morgan fingerprint density at radius 2 is 1.74 bits per heavy atom. The number of nitriles is 1. The lowest BCUT2D eigenvalue weighted by atomic mass is 9.76. The number of amides is 1. The highest BCUT2D eigenvalue weighted by Gasteiger charge is 2.59. The fourth-order valence-corrected chi connectivity index (χ4v) is 3.74. The van der Waals surface area contributed by atoms with Crippen molar-refractivity contribution in [3.8, 4) is 11.8 Å². The minimum absolute atomic E-state index is 0.0299. The fourth-order valence-electron chi connectivity index (χ4n) is 3.74. The van der Waals surface area contributed by atoms with Gasteiger partial charge >= 0.3 is 12.4 Å². The molecule has 1 atom stereocenters. The molecule has 0 fully saturated rings. The van der Waals surface area contributed by atoms with E-state index in [1.807, 2.05) is 5.32 Å². The number of aryl methyl sites for hydroxylation is 1. The summed E-state index contributed by atoms with van der Waals surface area (Å²) < 4.78 is 99.4. The van der Waals surface area contributed by atoms with Gasteiger partial charge in [0, 0.05) is 12.8 Å². The molecule has 1 N–H and O–H groups in total. The molecule has 3 rings (SSSR count). The summed E-state index contributed by atoms with van der Waals surface area (Å²) in [6.45, 7) is 1.16. The number of hydrogen-bond donors (Lipinski definition) is 1. The zero-order chi connectivity index (χ0) is 26.0. The second-order valence-corrected chi connectivity index (χ2v) is 8.05. The molecule has 0 saturated heterocycles. The van der Waals surface area contributed by atoms with Gasteiger partial charge in [-0.1, -0.05) is 24.3 Å². The van der Waals surface area contributed by atoms with Gasteiger partial charge in [-0.25, -0.2) is 4.39 Å². The molecule has 0 aromatic heterocycles. The first-order valence-electron chi connectivity index (χ1n) is 10.4. The first-order valence-corrected chi connectivity index (χ1v) is 10.4. The summed E-state index contributed by atoms with van der Waals surface area (Å²) in [4.78, 5) is 12.6. The standard InChI is InChI=1S/C24H19F7N2O2/c1-14-3-4-15(11-20(14)25)18-12-22(24(29,30)31,33-21(34)19(18)13-32)16-5-7-17(8-6-16)35-10-2-9-23(26,27)28/h3-8,11H,2,9-10,12H2,1H3,(H,33,34). The Morgan fingerprint density at radius 3 is 2.29 bits per heavy atom. The van der Waals surface area contributed by atoms with Crippen LogP contribution in [0.3, 0.4) is 0 Å². The third-order valence-corrected chi connectivity index (χ3v) is 5.63. The van der Waals surface area contributed by atoms with Crippen LogP contribution in [-0.2, 0) is 10.3 Å². The Kier molecular flexibility index (Phi) is 7.15. The van der Waals surface area contributed by atoms with Gasteiger partial charge in [0.15, 0.2) is 5.54 Å². The Bertz CT molecular complexity index is 1180. The summed E-state index contributed by atoms with van der Waals surface area (Å²) >= 11 is 0. The first kappa shape index (κ1) is 26.1. The molecule has 0 radical (unpaired) electrons. The van der Waals surface area contributed by atoms with Gasteiger partial charge in [0.05, 0.1) is 6.61 Å². The number of benzene rings is 2. The average molecular weight is 500 g/mol. The minimum Gasteiger partial charge on any atom is -0.494 e. The summed E-state index contributed by atoms with van der Waals surface area (Å²) in [5.41, 5.74) is -3.94. The molecule has 4 nitrogen and oxygen atoms in total. The van der Waals surface area contributed by atoms with Crippen molar-refractivity contribution >= 4 is 11.5 Å². The molecule has 11 heteroatoms. The van der Waals surface area contributed by atoms with Crippen molar-refractivity contribution in [2.45, 2.75) is 44.1 Å². The van der Waals surface area contributed by atoms with E-state index in [0.717, 1.165) is 30.3 Å². The maximum Gasteiger partial charge on any atom is 0.416 e. The maximum atomic E-state index is 14.4. The van der Waals surface area contributed by atoms with Gasteiger partial charge in [0.2, 0.25) is 0 Å². The maximum absolute atomic E-state index is 14.4. The van der Waals surface area contributed by atoms with E-state index in [9.17, 15) is 40.8 Å². The number of nitrogens with one attached hydrogen (secondary N) is 1. The van der Waals surface area contributed by atoms with E-state index in [4.69, 9.17) is 4.74 Å². The lowest BCUT2D eigenvalue weighted by molar-refractivity contribution is -0.201. The van der Waals surface area contributed by atoms with E-state index in [1.54, 1.807) is 6.07 Å². The summed E-state index contributed by atoms with van der Waals surface area (Å²) in [6, 6.07) is 9.62. The number of rotatable bonds is 6. The highest BCUT2D eigenvalue weighted by atomic mass is 19.4. The van der Waals surface area contributed by atoms with Crippen molar-refractivity contribution in [2.75, 3.05) is 6.61 Å². The van der Waals surface area contributed by atoms with E-state index in [-0.39, 0.29) is 41.0 Å². The third kappa shape index (κ3) is 5.58. The number of carbonyl (C=O) groups excluding carboxylic acids is 1. The van der Waals surface area contributed by atoms with Crippen molar-refractivity contribution < 1.29 is 40.3 Å². The smallest absolute Gasteiger partial charge is 0.416 e. The number of halogens is 7. The molecule has 0 saturated carbocycles. The number of alkyl halides is 6. The van der Waals surface area contributed by atoms with Gasteiger partial charge in [-0.05, 0) is 53.8 Å². The zero-order valence-electron chi connectivity index (χ0n) is 18.3. The molecule has 35 heavy (non-hydrogen) atoms. The van der Waals surface area contributed by atoms with Crippen molar-refractivity contribution in [3.63, 3.8) is 0 Å². The summed E-state index contributed by atoms with van der Waals surface area (Å²) in [5, 5.41) is 11.3. The summed E-state index contributed by atoms with van der Waals surface area (Å²) in [6.07, 6.45) is -11.6. The second kappa shape index (κ2) is 9.60. The number of nitrogens with zero attached hydrogens (tertiary/aromatic N) is 1. The van der Waals surface area contributed by atoms with E-state index >= 15 is 0 Å². The van der Waals surface area contributed by atoms with Crippen LogP contribution in [0.1, 0.15) is 36.0 Å². The first-order chi connectivity index (χ1) is 16.3. The number of ether oxygens (including phenoxy) is 1. The van der Waals surface area contributed by atoms with E-state index in [2.05, 4.69) is 0 Å². The van der Waals surface area contributed by atoms with E-state index in [1.165, 1.54) is 19.1 Å². The lowest BCUT2D eigenvalue weighted by Crippen LogP contribution is -2.58. The van der Waals surface area contributed by atoms with Gasteiger partial charge in [0.25, 0.3) is 5.91 Å². The Hall–Kier alpha value is -3.55. The molecule has 1 heterocycles. The van der Waals surface area contributed by atoms with Gasteiger partial charge in [-0.3, -0.25) is 4.79 Å². The van der Waals surface area contributed by atoms with Crippen LogP contribution < -0.4 is 10.1 Å². The largest absolute Gasteiger partial charge is 0.494 e. The predicted octanol–water partition coefficient (Wildman–Crippen LogP) is 6.11. The zero-order valence-corrected chi connectivity index (χ0v) is 18.3. The van der Waals surface area contributed by atoms with Crippen LogP contribution in [0.25, 0.3) is 5.57 Å². The van der Waals surface area contributed by atoms with Gasteiger partial charge < -0.3 is 10.1 Å². The highest BCUT2D eigenvalue weighted by Crippen LogP contribution is 2.48. The topological polar surface area (TPSA) is 62.1 Å². The van der Waals surface area contributed by atoms with Crippen LogP contribution >= 0.6 is 0 Å². The Morgan fingerprint density at radius 1 is 1.09 bits per heavy atom. The Balaban J connectivity index is 1.96.